The lowest BCUT2D eigenvalue weighted by Gasteiger charge is -2.20. The summed E-state index contributed by atoms with van der Waals surface area (Å²) in [5.41, 5.74) is 1.90. The molecule has 0 aromatic heterocycles. The molecule has 0 heterocycles. The van der Waals surface area contributed by atoms with Crippen molar-refractivity contribution in [2.45, 2.75) is 20.3 Å². The standard InChI is InChI=1S/C13H18ClNO/c1-3-11-7-5-6-8-12(11)13(16)15(4-2)10-9-14/h5-8H,3-4,9-10H2,1-2H3. The van der Waals surface area contributed by atoms with E-state index in [1.165, 1.54) is 0 Å². The van der Waals surface area contributed by atoms with E-state index in [-0.39, 0.29) is 5.91 Å². The van der Waals surface area contributed by atoms with E-state index in [1.54, 1.807) is 4.90 Å². The Balaban J connectivity index is 2.93. The van der Waals surface area contributed by atoms with Crippen LogP contribution in [0.1, 0.15) is 29.8 Å². The number of hydrogen-bond donors (Lipinski definition) is 0. The van der Waals surface area contributed by atoms with E-state index in [2.05, 4.69) is 6.92 Å². The molecule has 0 spiro atoms. The van der Waals surface area contributed by atoms with Gasteiger partial charge in [-0.3, -0.25) is 4.79 Å². The molecule has 88 valence electrons. The maximum Gasteiger partial charge on any atom is 0.254 e. The molecule has 0 saturated heterocycles. The minimum absolute atomic E-state index is 0.0839. The molecule has 1 amide bonds. The quantitative estimate of drug-likeness (QED) is 0.724. The maximum absolute atomic E-state index is 12.2. The van der Waals surface area contributed by atoms with Gasteiger partial charge in [-0.05, 0) is 25.0 Å². The second-order valence-corrected chi connectivity index (χ2v) is 3.96. The third-order valence-electron chi connectivity index (χ3n) is 2.65. The Bertz CT molecular complexity index is 352. The topological polar surface area (TPSA) is 20.3 Å². The molecule has 0 atom stereocenters. The normalized spacial score (nSPS) is 10.2. The van der Waals surface area contributed by atoms with Gasteiger partial charge in [0.2, 0.25) is 0 Å². The first-order chi connectivity index (χ1) is 7.74. The molecule has 0 N–H and O–H groups in total. The van der Waals surface area contributed by atoms with Crippen LogP contribution in [0.2, 0.25) is 0 Å². The van der Waals surface area contributed by atoms with E-state index in [9.17, 15) is 4.79 Å². The minimum atomic E-state index is 0.0839. The fourth-order valence-corrected chi connectivity index (χ4v) is 1.92. The molecule has 0 aliphatic heterocycles. The second-order valence-electron chi connectivity index (χ2n) is 3.58. The van der Waals surface area contributed by atoms with Gasteiger partial charge < -0.3 is 4.90 Å². The highest BCUT2D eigenvalue weighted by Gasteiger charge is 2.15. The lowest BCUT2D eigenvalue weighted by Crippen LogP contribution is -2.33. The number of hydrogen-bond acceptors (Lipinski definition) is 1. The number of halogens is 1. The molecule has 1 rings (SSSR count). The number of nitrogens with zero attached hydrogens (tertiary/aromatic N) is 1. The van der Waals surface area contributed by atoms with Gasteiger partial charge in [-0.25, -0.2) is 0 Å². The van der Waals surface area contributed by atoms with Crippen LogP contribution < -0.4 is 0 Å². The lowest BCUT2D eigenvalue weighted by atomic mass is 10.0. The summed E-state index contributed by atoms with van der Waals surface area (Å²) in [4.78, 5) is 14.0. The fraction of sp³-hybridized carbons (Fsp3) is 0.462. The zero-order valence-corrected chi connectivity index (χ0v) is 10.6. The van der Waals surface area contributed by atoms with Gasteiger partial charge >= 0.3 is 0 Å². The number of rotatable bonds is 5. The highest BCUT2D eigenvalue weighted by atomic mass is 35.5. The average molecular weight is 240 g/mol. The van der Waals surface area contributed by atoms with E-state index in [1.807, 2.05) is 31.2 Å². The Morgan fingerprint density at radius 2 is 2.00 bits per heavy atom. The van der Waals surface area contributed by atoms with E-state index < -0.39 is 0 Å². The van der Waals surface area contributed by atoms with Crippen molar-refractivity contribution < 1.29 is 4.79 Å². The van der Waals surface area contributed by atoms with Crippen LogP contribution in [0.15, 0.2) is 24.3 Å². The van der Waals surface area contributed by atoms with Crippen molar-refractivity contribution in [2.75, 3.05) is 19.0 Å². The van der Waals surface area contributed by atoms with Crippen LogP contribution in [0, 0.1) is 0 Å². The van der Waals surface area contributed by atoms with E-state index >= 15 is 0 Å². The zero-order chi connectivity index (χ0) is 12.0. The summed E-state index contributed by atoms with van der Waals surface area (Å²) >= 11 is 5.69. The molecule has 1 aromatic rings. The van der Waals surface area contributed by atoms with Gasteiger partial charge in [0.25, 0.3) is 5.91 Å². The zero-order valence-electron chi connectivity index (χ0n) is 9.87. The molecule has 0 saturated carbocycles. The number of amides is 1. The van der Waals surface area contributed by atoms with Crippen molar-refractivity contribution in [1.82, 2.24) is 4.90 Å². The number of aryl methyl sites for hydroxylation is 1. The predicted octanol–water partition coefficient (Wildman–Crippen LogP) is 2.95. The Labute approximate surface area is 102 Å². The molecular formula is C13H18ClNO. The van der Waals surface area contributed by atoms with Crippen molar-refractivity contribution in [3.8, 4) is 0 Å². The molecule has 0 fully saturated rings. The average Bonchev–Trinajstić information content (AvgIpc) is 2.35. The molecule has 0 radical (unpaired) electrons. The Kier molecular flexibility index (Phi) is 5.33. The Morgan fingerprint density at radius 3 is 2.56 bits per heavy atom. The lowest BCUT2D eigenvalue weighted by molar-refractivity contribution is 0.0773. The first kappa shape index (κ1) is 13.0. The third-order valence-corrected chi connectivity index (χ3v) is 2.82. The monoisotopic (exact) mass is 239 g/mol. The van der Waals surface area contributed by atoms with Crippen molar-refractivity contribution in [1.29, 1.82) is 0 Å². The fourth-order valence-electron chi connectivity index (χ4n) is 1.71. The molecule has 0 unspecified atom stereocenters. The summed E-state index contributed by atoms with van der Waals surface area (Å²) in [6.07, 6.45) is 0.875. The number of alkyl halides is 1. The van der Waals surface area contributed by atoms with Crippen LogP contribution in [0.4, 0.5) is 0 Å². The highest BCUT2D eigenvalue weighted by molar-refractivity contribution is 6.18. The van der Waals surface area contributed by atoms with Gasteiger partial charge in [0.15, 0.2) is 0 Å². The predicted molar refractivity (Wildman–Crippen MR) is 68.1 cm³/mol. The van der Waals surface area contributed by atoms with Crippen LogP contribution in [-0.4, -0.2) is 29.8 Å². The smallest absolute Gasteiger partial charge is 0.254 e. The molecule has 1 aromatic carbocycles. The van der Waals surface area contributed by atoms with Crippen LogP contribution in [0.5, 0.6) is 0 Å². The van der Waals surface area contributed by atoms with E-state index in [4.69, 9.17) is 11.6 Å². The van der Waals surface area contributed by atoms with Gasteiger partial charge in [0.05, 0.1) is 0 Å². The number of carbonyl (C=O) groups is 1. The van der Waals surface area contributed by atoms with Crippen LogP contribution >= 0.6 is 11.6 Å². The van der Waals surface area contributed by atoms with Gasteiger partial charge in [-0.2, -0.15) is 0 Å². The molecule has 16 heavy (non-hydrogen) atoms. The number of carbonyl (C=O) groups excluding carboxylic acids is 1. The van der Waals surface area contributed by atoms with Gasteiger partial charge in [0, 0.05) is 24.5 Å². The van der Waals surface area contributed by atoms with Gasteiger partial charge in [-0.15, -0.1) is 11.6 Å². The largest absolute Gasteiger partial charge is 0.338 e. The van der Waals surface area contributed by atoms with Crippen LogP contribution in [-0.2, 0) is 6.42 Å². The first-order valence-corrected chi connectivity index (χ1v) is 6.21. The summed E-state index contributed by atoms with van der Waals surface area (Å²) in [5.74, 6) is 0.564. The van der Waals surface area contributed by atoms with Crippen LogP contribution in [0.25, 0.3) is 0 Å². The van der Waals surface area contributed by atoms with Gasteiger partial charge in [-0.1, -0.05) is 25.1 Å². The second kappa shape index (κ2) is 6.54. The van der Waals surface area contributed by atoms with Crippen molar-refractivity contribution in [2.24, 2.45) is 0 Å². The molecule has 0 aliphatic rings. The Hall–Kier alpha value is -1.02. The van der Waals surface area contributed by atoms with E-state index in [0.29, 0.717) is 19.0 Å². The summed E-state index contributed by atoms with van der Waals surface area (Å²) in [6.45, 7) is 5.33. The molecule has 2 nitrogen and oxygen atoms in total. The third kappa shape index (κ3) is 2.99. The van der Waals surface area contributed by atoms with E-state index in [0.717, 1.165) is 17.5 Å². The number of benzene rings is 1. The molecular weight excluding hydrogens is 222 g/mol. The molecule has 3 heteroatoms. The molecule has 0 bridgehead atoms. The van der Waals surface area contributed by atoms with Crippen molar-refractivity contribution in [3.05, 3.63) is 35.4 Å². The minimum Gasteiger partial charge on any atom is -0.338 e. The summed E-state index contributed by atoms with van der Waals surface area (Å²) < 4.78 is 0. The van der Waals surface area contributed by atoms with Crippen molar-refractivity contribution in [3.63, 3.8) is 0 Å². The summed E-state index contributed by atoms with van der Waals surface area (Å²) in [7, 11) is 0. The van der Waals surface area contributed by atoms with Crippen LogP contribution in [0.3, 0.4) is 0 Å². The van der Waals surface area contributed by atoms with Gasteiger partial charge in [0.1, 0.15) is 0 Å². The summed E-state index contributed by atoms with van der Waals surface area (Å²) in [5, 5.41) is 0. The summed E-state index contributed by atoms with van der Waals surface area (Å²) in [6, 6.07) is 7.76. The highest BCUT2D eigenvalue weighted by Crippen LogP contribution is 2.12. The molecule has 0 aliphatic carbocycles. The SMILES string of the molecule is CCc1ccccc1C(=O)N(CC)CCCl. The first-order valence-electron chi connectivity index (χ1n) is 5.67. The maximum atomic E-state index is 12.2. The Morgan fingerprint density at radius 1 is 1.31 bits per heavy atom. The van der Waals surface area contributed by atoms with Crippen molar-refractivity contribution >= 4 is 17.5 Å².